The first-order valence-corrected chi connectivity index (χ1v) is 14.4. The third-order valence-electron chi connectivity index (χ3n) is 7.45. The monoisotopic (exact) mass is 637 g/mol. The number of amides is 3. The topological polar surface area (TPSA) is 105 Å². The lowest BCUT2D eigenvalue weighted by Gasteiger charge is -2.41. The van der Waals surface area contributed by atoms with Crippen molar-refractivity contribution >= 4 is 29.2 Å². The number of ether oxygens (including phenoxy) is 2. The second kappa shape index (κ2) is 14.3. The molecule has 0 saturated heterocycles. The molecule has 0 saturated carbocycles. The molecule has 0 aliphatic carbocycles. The highest BCUT2D eigenvalue weighted by Crippen LogP contribution is 2.35. The fraction of sp³-hybridized carbons (Fsp3) is 0.294. The average Bonchev–Trinajstić information content (AvgIpc) is 3.04. The molecule has 4 rings (SSSR count). The average molecular weight is 638 g/mol. The summed E-state index contributed by atoms with van der Waals surface area (Å²) < 4.78 is 51.4. The number of carbonyl (C=O) groups is 4. The van der Waals surface area contributed by atoms with E-state index in [-0.39, 0.29) is 5.70 Å². The Morgan fingerprint density at radius 1 is 0.891 bits per heavy atom. The molecular formula is C34H34F3N3O6. The Bertz CT molecular complexity index is 1610. The standard InChI is InChI=1S/C34H34F3N3O6/c1-21(2)30-33(44)39(20-29(41)38-25(31(42)34(35,36)37)17-22-11-7-5-8-12-22)26(24-15-16-27(45-3)28(18-24)46-4)19-40(30)32(43)23-13-9-6-10-14-23/h5-16,18-19,21,25,30H,17,20H2,1-4H3,(H,38,41). The summed E-state index contributed by atoms with van der Waals surface area (Å²) in [5, 5.41) is 2.20. The van der Waals surface area contributed by atoms with Crippen molar-refractivity contribution in [1.82, 2.24) is 15.1 Å². The van der Waals surface area contributed by atoms with Crippen molar-refractivity contribution in [3.63, 3.8) is 0 Å². The molecule has 1 N–H and O–H groups in total. The largest absolute Gasteiger partial charge is 0.493 e. The second-order valence-electron chi connectivity index (χ2n) is 10.9. The van der Waals surface area contributed by atoms with Gasteiger partial charge in [0.05, 0.1) is 19.9 Å². The van der Waals surface area contributed by atoms with E-state index < -0.39 is 60.6 Å². The third kappa shape index (κ3) is 7.56. The highest BCUT2D eigenvalue weighted by molar-refractivity contribution is 6.04. The number of nitrogens with zero attached hydrogens (tertiary/aromatic N) is 2. The molecule has 242 valence electrons. The molecule has 2 unspecified atom stereocenters. The first-order valence-electron chi connectivity index (χ1n) is 14.4. The van der Waals surface area contributed by atoms with Crippen LogP contribution < -0.4 is 14.8 Å². The number of nitrogens with one attached hydrogen (secondary N) is 1. The zero-order valence-corrected chi connectivity index (χ0v) is 25.7. The summed E-state index contributed by atoms with van der Waals surface area (Å²) in [7, 11) is 2.86. The Morgan fingerprint density at radius 3 is 2.07 bits per heavy atom. The van der Waals surface area contributed by atoms with E-state index in [9.17, 15) is 32.3 Å². The number of methoxy groups -OCH3 is 2. The van der Waals surface area contributed by atoms with Gasteiger partial charge >= 0.3 is 6.18 Å². The van der Waals surface area contributed by atoms with E-state index in [1.54, 1.807) is 92.7 Å². The van der Waals surface area contributed by atoms with Crippen molar-refractivity contribution in [2.45, 2.75) is 38.5 Å². The minimum Gasteiger partial charge on any atom is -0.493 e. The number of benzene rings is 3. The van der Waals surface area contributed by atoms with E-state index in [0.717, 1.165) is 4.90 Å². The number of hydrogen-bond donors (Lipinski definition) is 1. The molecule has 46 heavy (non-hydrogen) atoms. The lowest BCUT2D eigenvalue weighted by molar-refractivity contribution is -0.173. The van der Waals surface area contributed by atoms with Gasteiger partial charge in [0, 0.05) is 23.7 Å². The van der Waals surface area contributed by atoms with Gasteiger partial charge in [0.2, 0.25) is 5.91 Å². The number of halogens is 3. The van der Waals surface area contributed by atoms with E-state index in [1.165, 1.54) is 25.3 Å². The third-order valence-corrected chi connectivity index (χ3v) is 7.45. The minimum atomic E-state index is -5.21. The van der Waals surface area contributed by atoms with Gasteiger partial charge in [-0.15, -0.1) is 0 Å². The van der Waals surface area contributed by atoms with Crippen LogP contribution in [-0.4, -0.2) is 72.3 Å². The molecule has 3 amide bonds. The van der Waals surface area contributed by atoms with E-state index in [1.807, 2.05) is 0 Å². The molecule has 1 aliphatic heterocycles. The molecule has 1 aliphatic rings. The van der Waals surface area contributed by atoms with Crippen LogP contribution in [0.1, 0.15) is 35.3 Å². The first-order chi connectivity index (χ1) is 21.8. The van der Waals surface area contributed by atoms with Crippen LogP contribution in [0, 0.1) is 5.92 Å². The Balaban J connectivity index is 1.76. The number of hydrogen-bond acceptors (Lipinski definition) is 6. The summed E-state index contributed by atoms with van der Waals surface area (Å²) in [5.41, 5.74) is 1.20. The number of ketones is 1. The van der Waals surface area contributed by atoms with E-state index >= 15 is 0 Å². The Hall–Kier alpha value is -5.13. The first kappa shape index (κ1) is 33.8. The second-order valence-corrected chi connectivity index (χ2v) is 10.9. The SMILES string of the molecule is COc1ccc(C2=CN(C(=O)c3ccccc3)C(C(C)C)C(=O)N2CC(=O)NC(Cc2ccccc2)C(=O)C(F)(F)F)cc1OC. The molecule has 0 spiro atoms. The molecule has 3 aromatic rings. The maximum atomic E-state index is 14.2. The predicted molar refractivity (Wildman–Crippen MR) is 164 cm³/mol. The van der Waals surface area contributed by atoms with Gasteiger partial charge in [-0.3, -0.25) is 24.1 Å². The molecule has 0 bridgehead atoms. The van der Waals surface area contributed by atoms with Gasteiger partial charge in [-0.05, 0) is 41.8 Å². The molecule has 3 aromatic carbocycles. The van der Waals surface area contributed by atoms with Gasteiger partial charge in [-0.25, -0.2) is 0 Å². The van der Waals surface area contributed by atoms with Crippen LogP contribution in [0.2, 0.25) is 0 Å². The summed E-state index contributed by atoms with van der Waals surface area (Å²) in [4.78, 5) is 56.1. The molecule has 1 heterocycles. The fourth-order valence-electron chi connectivity index (χ4n) is 5.23. The van der Waals surface area contributed by atoms with Crippen LogP contribution in [0.4, 0.5) is 13.2 Å². The molecule has 9 nitrogen and oxygen atoms in total. The van der Waals surface area contributed by atoms with Gasteiger partial charge in [0.25, 0.3) is 17.6 Å². The summed E-state index contributed by atoms with van der Waals surface area (Å²) in [6, 6.07) is 18.0. The maximum Gasteiger partial charge on any atom is 0.452 e. The van der Waals surface area contributed by atoms with Crippen LogP contribution in [0.3, 0.4) is 0 Å². The van der Waals surface area contributed by atoms with Crippen molar-refractivity contribution in [3.05, 3.63) is 102 Å². The normalized spacial score (nSPS) is 15.7. The maximum absolute atomic E-state index is 14.2. The Kier molecular flexibility index (Phi) is 10.5. The van der Waals surface area contributed by atoms with Crippen molar-refractivity contribution in [2.75, 3.05) is 20.8 Å². The summed E-state index contributed by atoms with van der Waals surface area (Å²) in [6.07, 6.45) is -4.18. The number of alkyl halides is 3. The van der Waals surface area contributed by atoms with Crippen LogP contribution in [0.15, 0.2) is 85.1 Å². The van der Waals surface area contributed by atoms with Gasteiger partial charge in [-0.1, -0.05) is 62.4 Å². The van der Waals surface area contributed by atoms with Crippen molar-refractivity contribution in [2.24, 2.45) is 5.92 Å². The van der Waals surface area contributed by atoms with Gasteiger partial charge in [0.1, 0.15) is 18.6 Å². The van der Waals surface area contributed by atoms with Crippen LogP contribution in [0.5, 0.6) is 11.5 Å². The van der Waals surface area contributed by atoms with Gasteiger partial charge in [0.15, 0.2) is 11.5 Å². The van der Waals surface area contributed by atoms with Crippen molar-refractivity contribution < 1.29 is 41.8 Å². The molecule has 0 aromatic heterocycles. The molecule has 2 atom stereocenters. The van der Waals surface area contributed by atoms with Gasteiger partial charge in [-0.2, -0.15) is 13.2 Å². The van der Waals surface area contributed by atoms with E-state index in [0.29, 0.717) is 28.2 Å². The van der Waals surface area contributed by atoms with Crippen LogP contribution >= 0.6 is 0 Å². The van der Waals surface area contributed by atoms with E-state index in [4.69, 9.17) is 9.47 Å². The van der Waals surface area contributed by atoms with Crippen LogP contribution in [-0.2, 0) is 20.8 Å². The summed E-state index contributed by atoms with van der Waals surface area (Å²) >= 11 is 0. The van der Waals surface area contributed by atoms with Gasteiger partial charge < -0.3 is 19.7 Å². The lowest BCUT2D eigenvalue weighted by atomic mass is 9.96. The lowest BCUT2D eigenvalue weighted by Crippen LogP contribution is -2.57. The number of Topliss-reactive ketones (excluding diaryl/α,β-unsaturated/α-hetero) is 1. The Labute approximate surface area is 264 Å². The highest BCUT2D eigenvalue weighted by Gasteiger charge is 2.45. The molecular weight excluding hydrogens is 603 g/mol. The van der Waals surface area contributed by atoms with E-state index in [2.05, 4.69) is 5.32 Å². The predicted octanol–water partition coefficient (Wildman–Crippen LogP) is 4.87. The number of rotatable bonds is 11. The quantitative estimate of drug-likeness (QED) is 0.322. The van der Waals surface area contributed by atoms with Crippen molar-refractivity contribution in [1.29, 1.82) is 0 Å². The van der Waals surface area contributed by atoms with Crippen molar-refractivity contribution in [3.8, 4) is 11.5 Å². The molecule has 0 radical (unpaired) electrons. The summed E-state index contributed by atoms with van der Waals surface area (Å²) in [5.74, 6) is -3.97. The molecule has 0 fully saturated rings. The number of carbonyl (C=O) groups excluding carboxylic acids is 4. The summed E-state index contributed by atoms with van der Waals surface area (Å²) in [6.45, 7) is 2.74. The Morgan fingerprint density at radius 2 is 1.50 bits per heavy atom. The highest BCUT2D eigenvalue weighted by atomic mass is 19.4. The van der Waals surface area contributed by atoms with Crippen LogP contribution in [0.25, 0.3) is 5.70 Å². The zero-order chi connectivity index (χ0) is 33.6. The molecule has 12 heteroatoms. The fourth-order valence-corrected chi connectivity index (χ4v) is 5.23. The minimum absolute atomic E-state index is 0.115. The smallest absolute Gasteiger partial charge is 0.452 e. The zero-order valence-electron chi connectivity index (χ0n) is 25.7.